The summed E-state index contributed by atoms with van der Waals surface area (Å²) in [6.45, 7) is 1.78. The van der Waals surface area contributed by atoms with Crippen LogP contribution in [0.1, 0.15) is 26.2 Å². The van der Waals surface area contributed by atoms with Crippen molar-refractivity contribution in [1.29, 1.82) is 0 Å². The van der Waals surface area contributed by atoms with Crippen molar-refractivity contribution in [3.05, 3.63) is 12.4 Å². The summed E-state index contributed by atoms with van der Waals surface area (Å²) in [4.78, 5) is 0. The van der Waals surface area contributed by atoms with Crippen molar-refractivity contribution in [2.24, 2.45) is 5.92 Å². The highest BCUT2D eigenvalue weighted by Gasteiger charge is 2.23. The zero-order valence-corrected chi connectivity index (χ0v) is 9.37. The Kier molecular flexibility index (Phi) is 3.41. The summed E-state index contributed by atoms with van der Waals surface area (Å²) < 4.78 is 25.5. The van der Waals surface area contributed by atoms with Gasteiger partial charge in [0.15, 0.2) is 0 Å². The molecule has 1 aromatic heterocycles. The number of alkyl halides is 2. The summed E-state index contributed by atoms with van der Waals surface area (Å²) in [5, 5.41) is 7.16. The Bertz CT molecular complexity index is 334. The van der Waals surface area contributed by atoms with Gasteiger partial charge in [0.2, 0.25) is 0 Å². The summed E-state index contributed by atoms with van der Waals surface area (Å²) in [7, 11) is 0. The number of nitrogens with one attached hydrogen (secondary N) is 1. The van der Waals surface area contributed by atoms with Gasteiger partial charge in [-0.25, -0.2) is 8.78 Å². The molecular formula is C11H17F2N3. The van der Waals surface area contributed by atoms with Crippen molar-refractivity contribution < 1.29 is 8.78 Å². The molecule has 0 bridgehead atoms. The van der Waals surface area contributed by atoms with Crippen LogP contribution in [0.3, 0.4) is 0 Å². The van der Waals surface area contributed by atoms with Gasteiger partial charge in [-0.15, -0.1) is 0 Å². The highest BCUT2D eigenvalue weighted by molar-refractivity contribution is 5.39. The molecule has 1 aromatic rings. The van der Waals surface area contributed by atoms with E-state index in [1.54, 1.807) is 12.4 Å². The molecule has 3 nitrogen and oxygen atoms in total. The molecule has 1 fully saturated rings. The second kappa shape index (κ2) is 4.80. The molecule has 90 valence electrons. The fourth-order valence-corrected chi connectivity index (χ4v) is 1.88. The molecule has 1 aliphatic carbocycles. The fourth-order valence-electron chi connectivity index (χ4n) is 1.88. The molecule has 1 atom stereocenters. The molecule has 0 spiro atoms. The standard InChI is InChI=1S/C11H17F2N3/c1-8(4-9-2-3-9)15-10-5-14-16(6-10)7-11(12)13/h5-6,8-9,11,15H,2-4,7H2,1H3. The smallest absolute Gasteiger partial charge is 0.257 e. The highest BCUT2D eigenvalue weighted by atomic mass is 19.3. The van der Waals surface area contributed by atoms with E-state index in [2.05, 4.69) is 17.3 Å². The van der Waals surface area contributed by atoms with Crippen LogP contribution < -0.4 is 5.32 Å². The molecule has 0 radical (unpaired) electrons. The summed E-state index contributed by atoms with van der Waals surface area (Å²) in [6.07, 6.45) is 4.70. The van der Waals surface area contributed by atoms with E-state index in [4.69, 9.17) is 0 Å². The number of rotatable bonds is 6. The van der Waals surface area contributed by atoms with Crippen LogP contribution >= 0.6 is 0 Å². The fraction of sp³-hybridized carbons (Fsp3) is 0.727. The lowest BCUT2D eigenvalue weighted by molar-refractivity contribution is 0.122. The molecule has 0 aromatic carbocycles. The molecule has 0 aliphatic heterocycles. The normalized spacial score (nSPS) is 17.8. The first-order valence-electron chi connectivity index (χ1n) is 5.70. The van der Waals surface area contributed by atoms with Gasteiger partial charge in [-0.05, 0) is 19.3 Å². The molecule has 1 heterocycles. The van der Waals surface area contributed by atoms with E-state index in [-0.39, 0.29) is 6.54 Å². The topological polar surface area (TPSA) is 29.9 Å². The molecule has 1 aliphatic rings. The van der Waals surface area contributed by atoms with Crippen molar-refractivity contribution in [1.82, 2.24) is 9.78 Å². The molecule has 1 N–H and O–H groups in total. The molecule has 2 rings (SSSR count). The van der Waals surface area contributed by atoms with Gasteiger partial charge in [0.25, 0.3) is 6.43 Å². The lowest BCUT2D eigenvalue weighted by Crippen LogP contribution is -2.15. The van der Waals surface area contributed by atoms with Crippen molar-refractivity contribution in [3.63, 3.8) is 0 Å². The Balaban J connectivity index is 1.81. The maximum atomic E-state index is 12.1. The minimum Gasteiger partial charge on any atom is -0.380 e. The SMILES string of the molecule is CC(CC1CC1)Nc1cnn(CC(F)F)c1. The largest absolute Gasteiger partial charge is 0.380 e. The molecule has 5 heteroatoms. The van der Waals surface area contributed by atoms with Gasteiger partial charge in [0.05, 0.1) is 11.9 Å². The molecular weight excluding hydrogens is 212 g/mol. The van der Waals surface area contributed by atoms with Crippen LogP contribution in [-0.4, -0.2) is 22.2 Å². The van der Waals surface area contributed by atoms with E-state index in [0.29, 0.717) is 6.04 Å². The van der Waals surface area contributed by atoms with Crippen LogP contribution in [-0.2, 0) is 6.54 Å². The van der Waals surface area contributed by atoms with E-state index in [1.807, 2.05) is 0 Å². The monoisotopic (exact) mass is 229 g/mol. The average Bonchev–Trinajstić information content (AvgIpc) is 2.87. The van der Waals surface area contributed by atoms with Crippen LogP contribution in [0.2, 0.25) is 0 Å². The third kappa shape index (κ3) is 3.47. The first kappa shape index (κ1) is 11.4. The number of hydrogen-bond donors (Lipinski definition) is 1. The molecule has 16 heavy (non-hydrogen) atoms. The first-order valence-corrected chi connectivity index (χ1v) is 5.70. The molecule has 0 amide bonds. The third-order valence-electron chi connectivity index (χ3n) is 2.76. The van der Waals surface area contributed by atoms with Crippen molar-refractivity contribution in [3.8, 4) is 0 Å². The quantitative estimate of drug-likeness (QED) is 0.812. The van der Waals surface area contributed by atoms with Crippen LogP contribution in [0.25, 0.3) is 0 Å². The number of nitrogens with zero attached hydrogens (tertiary/aromatic N) is 2. The Morgan fingerprint density at radius 2 is 2.31 bits per heavy atom. The lowest BCUT2D eigenvalue weighted by atomic mass is 10.1. The predicted molar refractivity (Wildman–Crippen MR) is 58.7 cm³/mol. The van der Waals surface area contributed by atoms with E-state index in [0.717, 1.165) is 18.0 Å². The van der Waals surface area contributed by atoms with Crippen molar-refractivity contribution >= 4 is 5.69 Å². The summed E-state index contributed by atoms with van der Waals surface area (Å²) in [5.41, 5.74) is 0.828. The van der Waals surface area contributed by atoms with Crippen LogP contribution in [0.4, 0.5) is 14.5 Å². The van der Waals surface area contributed by atoms with Crippen LogP contribution in [0.5, 0.6) is 0 Å². The average molecular weight is 229 g/mol. The summed E-state index contributed by atoms with van der Waals surface area (Å²) in [6, 6.07) is 0.386. The summed E-state index contributed by atoms with van der Waals surface area (Å²) in [5.74, 6) is 0.860. The van der Waals surface area contributed by atoms with Crippen LogP contribution in [0, 0.1) is 5.92 Å². The maximum Gasteiger partial charge on any atom is 0.257 e. The minimum atomic E-state index is -2.35. The Labute approximate surface area is 93.8 Å². The first-order chi connectivity index (χ1) is 7.63. The van der Waals surface area contributed by atoms with E-state index >= 15 is 0 Å². The Hall–Kier alpha value is -1.13. The Morgan fingerprint density at radius 3 is 2.94 bits per heavy atom. The highest BCUT2D eigenvalue weighted by Crippen LogP contribution is 2.34. The second-order valence-electron chi connectivity index (χ2n) is 4.57. The van der Waals surface area contributed by atoms with Crippen LogP contribution in [0.15, 0.2) is 12.4 Å². The molecule has 0 saturated heterocycles. The number of hydrogen-bond acceptors (Lipinski definition) is 2. The van der Waals surface area contributed by atoms with E-state index in [9.17, 15) is 8.78 Å². The number of anilines is 1. The van der Waals surface area contributed by atoms with Gasteiger partial charge < -0.3 is 5.32 Å². The van der Waals surface area contributed by atoms with Gasteiger partial charge in [-0.1, -0.05) is 12.8 Å². The molecule has 1 unspecified atom stereocenters. The zero-order chi connectivity index (χ0) is 11.5. The summed E-state index contributed by atoms with van der Waals surface area (Å²) >= 11 is 0. The van der Waals surface area contributed by atoms with E-state index < -0.39 is 6.43 Å². The number of halogens is 2. The minimum absolute atomic E-state index is 0.335. The van der Waals surface area contributed by atoms with Gasteiger partial charge in [0, 0.05) is 12.2 Å². The zero-order valence-electron chi connectivity index (χ0n) is 9.37. The van der Waals surface area contributed by atoms with Gasteiger partial charge in [-0.2, -0.15) is 5.10 Å². The van der Waals surface area contributed by atoms with E-state index in [1.165, 1.54) is 17.5 Å². The second-order valence-corrected chi connectivity index (χ2v) is 4.57. The Morgan fingerprint density at radius 1 is 1.56 bits per heavy atom. The predicted octanol–water partition coefficient (Wildman–Crippen LogP) is 2.75. The maximum absolute atomic E-state index is 12.1. The molecule has 1 saturated carbocycles. The third-order valence-corrected chi connectivity index (χ3v) is 2.76. The van der Waals surface area contributed by atoms with Crippen molar-refractivity contribution in [2.75, 3.05) is 5.32 Å². The van der Waals surface area contributed by atoms with Gasteiger partial charge in [-0.3, -0.25) is 4.68 Å². The number of aromatic nitrogens is 2. The van der Waals surface area contributed by atoms with Crippen molar-refractivity contribution in [2.45, 2.75) is 45.2 Å². The lowest BCUT2D eigenvalue weighted by Gasteiger charge is -2.12. The van der Waals surface area contributed by atoms with Gasteiger partial charge >= 0.3 is 0 Å². The van der Waals surface area contributed by atoms with Gasteiger partial charge in [0.1, 0.15) is 6.54 Å².